The number of rotatable bonds is 7. The summed E-state index contributed by atoms with van der Waals surface area (Å²) in [6.07, 6.45) is 4.02. The van der Waals surface area contributed by atoms with E-state index in [1.807, 2.05) is 0 Å². The number of ether oxygens (including phenoxy) is 1. The molecule has 1 aromatic carbocycles. The number of nitrogens with one attached hydrogen (secondary N) is 2. The van der Waals surface area contributed by atoms with Crippen LogP contribution in [0.25, 0.3) is 0 Å². The van der Waals surface area contributed by atoms with E-state index < -0.39 is 18.2 Å². The van der Waals surface area contributed by atoms with E-state index in [-0.39, 0.29) is 28.5 Å². The monoisotopic (exact) mass is 504 g/mol. The first-order valence-electron chi connectivity index (χ1n) is 12.6. The number of anilines is 2. The van der Waals surface area contributed by atoms with Gasteiger partial charge in [0.25, 0.3) is 0 Å². The van der Waals surface area contributed by atoms with Crippen molar-refractivity contribution in [3.63, 3.8) is 0 Å². The van der Waals surface area contributed by atoms with Crippen molar-refractivity contribution >= 4 is 17.3 Å². The van der Waals surface area contributed by atoms with Crippen LogP contribution in [-0.2, 0) is 4.74 Å². The van der Waals surface area contributed by atoms with E-state index in [1.165, 1.54) is 31.7 Å². The quantitative estimate of drug-likeness (QED) is 0.405. The van der Waals surface area contributed by atoms with Gasteiger partial charge in [-0.3, -0.25) is 0 Å². The van der Waals surface area contributed by atoms with Crippen molar-refractivity contribution < 1.29 is 22.7 Å². The lowest BCUT2D eigenvalue weighted by molar-refractivity contribution is -0.144. The van der Waals surface area contributed by atoms with Gasteiger partial charge in [-0.2, -0.15) is 13.2 Å². The molecular formula is C27H35F3N4O2. The molecule has 0 radical (unpaired) electrons. The second-order valence-corrected chi connectivity index (χ2v) is 11.1. The first-order chi connectivity index (χ1) is 16.9. The molecule has 1 heterocycles. The van der Waals surface area contributed by atoms with Gasteiger partial charge in [0.05, 0.1) is 23.0 Å². The summed E-state index contributed by atoms with van der Waals surface area (Å²) in [5.41, 5.74) is 0.524. The van der Waals surface area contributed by atoms with Crippen molar-refractivity contribution in [2.75, 3.05) is 10.6 Å². The van der Waals surface area contributed by atoms with Gasteiger partial charge >= 0.3 is 12.1 Å². The third kappa shape index (κ3) is 6.28. The van der Waals surface area contributed by atoms with E-state index in [4.69, 9.17) is 4.74 Å². The zero-order valence-corrected chi connectivity index (χ0v) is 21.2. The third-order valence-electron chi connectivity index (χ3n) is 7.19. The maximum atomic E-state index is 14.2. The Morgan fingerprint density at radius 3 is 2.31 bits per heavy atom. The topological polar surface area (TPSA) is 76.1 Å². The second-order valence-electron chi connectivity index (χ2n) is 11.1. The van der Waals surface area contributed by atoms with Gasteiger partial charge in [-0.1, -0.05) is 6.92 Å². The molecule has 0 aliphatic heterocycles. The Balaban J connectivity index is 1.68. The van der Waals surface area contributed by atoms with Crippen molar-refractivity contribution in [2.45, 2.75) is 83.7 Å². The molecule has 0 amide bonds. The molecule has 1 aromatic heterocycles. The summed E-state index contributed by atoms with van der Waals surface area (Å²) in [7, 11) is 0. The fourth-order valence-electron chi connectivity index (χ4n) is 6.17. The van der Waals surface area contributed by atoms with Crippen molar-refractivity contribution in [3.8, 4) is 0 Å². The van der Waals surface area contributed by atoms with E-state index in [0.29, 0.717) is 23.4 Å². The average molecular weight is 505 g/mol. The number of esters is 1. The predicted molar refractivity (Wildman–Crippen MR) is 133 cm³/mol. The van der Waals surface area contributed by atoms with Crippen LogP contribution >= 0.6 is 0 Å². The van der Waals surface area contributed by atoms with Gasteiger partial charge in [-0.05, 0) is 88.8 Å². The summed E-state index contributed by atoms with van der Waals surface area (Å²) in [5.74, 6) is 1.33. The Morgan fingerprint density at radius 1 is 1.08 bits per heavy atom. The number of aromatic nitrogens is 2. The lowest BCUT2D eigenvalue weighted by Crippen LogP contribution is -2.46. The highest BCUT2D eigenvalue weighted by molar-refractivity contribution is 5.92. The van der Waals surface area contributed by atoms with Crippen LogP contribution < -0.4 is 10.6 Å². The Hall–Kier alpha value is -2.84. The maximum absolute atomic E-state index is 14.2. The fraction of sp³-hybridized carbons (Fsp3) is 0.593. The van der Waals surface area contributed by atoms with Crippen molar-refractivity contribution in [3.05, 3.63) is 48.0 Å². The second kappa shape index (κ2) is 10.3. The Labute approximate surface area is 210 Å². The van der Waals surface area contributed by atoms with Gasteiger partial charge in [0.1, 0.15) is 6.33 Å². The summed E-state index contributed by atoms with van der Waals surface area (Å²) in [6, 6.07) is 2.66. The van der Waals surface area contributed by atoms with Crippen LogP contribution in [0.5, 0.6) is 0 Å². The summed E-state index contributed by atoms with van der Waals surface area (Å²) in [5, 5.41) is 6.21. The van der Waals surface area contributed by atoms with E-state index in [1.54, 1.807) is 26.0 Å². The number of fused-ring (bicyclic) bond motifs is 2. The Morgan fingerprint density at radius 2 is 1.72 bits per heavy atom. The zero-order valence-electron chi connectivity index (χ0n) is 21.2. The van der Waals surface area contributed by atoms with E-state index >= 15 is 0 Å². The molecule has 2 aliphatic rings. The molecule has 36 heavy (non-hydrogen) atoms. The van der Waals surface area contributed by atoms with E-state index in [2.05, 4.69) is 34.4 Å². The normalized spacial score (nSPS) is 26.8. The minimum atomic E-state index is -4.61. The molecule has 9 heteroatoms. The standard InChI is InChI=1S/C27H35F3N4O2/c1-16(2)36-25(35)20-5-6-22(34-26(4)11-18-7-17(3)8-19(9-18)12-26)23(10-20)33-24(27(28,29)30)21-13-31-15-32-14-21/h5-6,10,13-19,24,33-34H,7-9,11-12H2,1-4H3. The summed E-state index contributed by atoms with van der Waals surface area (Å²) in [4.78, 5) is 20.1. The molecule has 3 unspecified atom stereocenters. The number of benzene rings is 1. The van der Waals surface area contributed by atoms with Crippen LogP contribution in [0.1, 0.15) is 81.8 Å². The number of hydrogen-bond acceptors (Lipinski definition) is 6. The molecule has 2 aromatic rings. The van der Waals surface area contributed by atoms with Gasteiger partial charge in [0.15, 0.2) is 6.04 Å². The fourth-order valence-corrected chi connectivity index (χ4v) is 6.17. The molecule has 2 bridgehead atoms. The highest BCUT2D eigenvalue weighted by Gasteiger charge is 2.43. The van der Waals surface area contributed by atoms with Gasteiger partial charge in [0.2, 0.25) is 0 Å². The SMILES string of the molecule is CC1CC2CC(C1)CC(C)(Nc1ccc(C(=O)OC(C)C)cc1NC(c1cncnc1)C(F)(F)F)C2. The Bertz CT molecular complexity index is 1040. The molecule has 0 spiro atoms. The molecule has 4 rings (SSSR count). The first kappa shape index (κ1) is 26.2. The van der Waals surface area contributed by atoms with Crippen LogP contribution in [0, 0.1) is 17.8 Å². The lowest BCUT2D eigenvalue weighted by Gasteiger charge is -2.48. The van der Waals surface area contributed by atoms with Gasteiger partial charge in [-0.15, -0.1) is 0 Å². The smallest absolute Gasteiger partial charge is 0.412 e. The molecule has 2 aliphatic carbocycles. The van der Waals surface area contributed by atoms with E-state index in [0.717, 1.165) is 25.2 Å². The number of carbonyl (C=O) groups excluding carboxylic acids is 1. The van der Waals surface area contributed by atoms with Gasteiger partial charge in [-0.25, -0.2) is 14.8 Å². The van der Waals surface area contributed by atoms with Crippen molar-refractivity contribution in [2.24, 2.45) is 17.8 Å². The minimum absolute atomic E-state index is 0.112. The molecule has 2 fully saturated rings. The molecule has 3 atom stereocenters. The highest BCUT2D eigenvalue weighted by Crippen LogP contribution is 2.48. The summed E-state index contributed by atoms with van der Waals surface area (Å²) in [6.45, 7) is 7.91. The third-order valence-corrected chi connectivity index (χ3v) is 7.19. The highest BCUT2D eigenvalue weighted by atomic mass is 19.4. The van der Waals surface area contributed by atoms with Crippen LogP contribution in [0.4, 0.5) is 24.5 Å². The molecule has 0 saturated heterocycles. The van der Waals surface area contributed by atoms with Gasteiger partial charge < -0.3 is 15.4 Å². The molecule has 6 nitrogen and oxygen atoms in total. The molecular weight excluding hydrogens is 469 g/mol. The van der Waals surface area contributed by atoms with Crippen LogP contribution in [-0.4, -0.2) is 33.8 Å². The number of halogens is 3. The first-order valence-corrected chi connectivity index (χ1v) is 12.6. The number of hydrogen-bond donors (Lipinski definition) is 2. The summed E-state index contributed by atoms with van der Waals surface area (Å²) < 4.78 is 47.7. The molecule has 2 N–H and O–H groups in total. The molecule has 2 saturated carbocycles. The predicted octanol–water partition coefficient (Wildman–Crippen LogP) is 6.77. The van der Waals surface area contributed by atoms with Crippen molar-refractivity contribution in [1.82, 2.24) is 9.97 Å². The maximum Gasteiger partial charge on any atom is 0.412 e. The van der Waals surface area contributed by atoms with Crippen molar-refractivity contribution in [1.29, 1.82) is 0 Å². The average Bonchev–Trinajstić information content (AvgIpc) is 2.76. The van der Waals surface area contributed by atoms with Crippen LogP contribution in [0.15, 0.2) is 36.9 Å². The summed E-state index contributed by atoms with van der Waals surface area (Å²) >= 11 is 0. The lowest BCUT2D eigenvalue weighted by atomic mass is 9.62. The van der Waals surface area contributed by atoms with Crippen LogP contribution in [0.2, 0.25) is 0 Å². The number of carbonyl (C=O) groups is 1. The number of nitrogens with zero attached hydrogens (tertiary/aromatic N) is 2. The largest absolute Gasteiger partial charge is 0.459 e. The van der Waals surface area contributed by atoms with Crippen LogP contribution in [0.3, 0.4) is 0 Å². The van der Waals surface area contributed by atoms with Gasteiger partial charge in [0, 0.05) is 23.5 Å². The minimum Gasteiger partial charge on any atom is -0.459 e. The zero-order chi connectivity index (χ0) is 26.1. The van der Waals surface area contributed by atoms with E-state index in [9.17, 15) is 18.0 Å². The Kier molecular flexibility index (Phi) is 7.48. The number of alkyl halides is 3. The molecule has 196 valence electrons.